The summed E-state index contributed by atoms with van der Waals surface area (Å²) in [4.78, 5) is 25.2. The van der Waals surface area contributed by atoms with Crippen LogP contribution in [0.15, 0.2) is 18.2 Å². The third-order valence-electron chi connectivity index (χ3n) is 4.68. The molecule has 1 aromatic carbocycles. The second-order valence-corrected chi connectivity index (χ2v) is 9.05. The molecule has 0 unspecified atom stereocenters. The van der Waals surface area contributed by atoms with Crippen LogP contribution in [0.1, 0.15) is 6.92 Å². The molecule has 29 heavy (non-hydrogen) atoms. The molecule has 3 rings (SSSR count). The van der Waals surface area contributed by atoms with Gasteiger partial charge >= 0.3 is 6.03 Å². The van der Waals surface area contributed by atoms with Gasteiger partial charge < -0.3 is 20.3 Å². The van der Waals surface area contributed by atoms with Crippen molar-refractivity contribution in [1.82, 2.24) is 13.5 Å². The molecule has 2 heterocycles. The first kappa shape index (κ1) is 21.8. The van der Waals surface area contributed by atoms with Gasteiger partial charge in [0.1, 0.15) is 0 Å². The minimum Gasteiger partial charge on any atom is -0.379 e. The Labute approximate surface area is 174 Å². The number of carbonyl (C=O) groups excluding carboxylic acids is 2. The summed E-state index contributed by atoms with van der Waals surface area (Å²) in [6.07, 6.45) is 0. The Morgan fingerprint density at radius 1 is 1.00 bits per heavy atom. The Bertz CT molecular complexity index is 867. The highest BCUT2D eigenvalue weighted by molar-refractivity contribution is 7.86. The largest absolute Gasteiger partial charge is 0.379 e. The van der Waals surface area contributed by atoms with Crippen LogP contribution < -0.4 is 10.6 Å². The number of rotatable bonds is 4. The van der Waals surface area contributed by atoms with E-state index in [0.717, 1.165) is 0 Å². The zero-order valence-electron chi connectivity index (χ0n) is 16.1. The van der Waals surface area contributed by atoms with Crippen LogP contribution in [0.4, 0.5) is 16.2 Å². The molecule has 2 fully saturated rings. The molecule has 0 atom stereocenters. The van der Waals surface area contributed by atoms with Crippen molar-refractivity contribution in [2.24, 2.45) is 0 Å². The first-order chi connectivity index (χ1) is 13.8. The molecule has 0 saturated carbocycles. The first-order valence-corrected chi connectivity index (χ1v) is 11.0. The Kier molecular flexibility index (Phi) is 6.96. The number of piperazine rings is 1. The summed E-state index contributed by atoms with van der Waals surface area (Å²) in [5, 5.41) is 5.63. The summed E-state index contributed by atoms with van der Waals surface area (Å²) in [6.45, 7) is 3.86. The predicted molar refractivity (Wildman–Crippen MR) is 109 cm³/mol. The van der Waals surface area contributed by atoms with Crippen LogP contribution in [0.3, 0.4) is 0 Å². The number of nitrogens with one attached hydrogen (secondary N) is 2. The van der Waals surface area contributed by atoms with Crippen LogP contribution in [-0.2, 0) is 19.7 Å². The zero-order chi connectivity index (χ0) is 21.0. The summed E-state index contributed by atoms with van der Waals surface area (Å²) >= 11 is 6.18. The molecule has 0 aliphatic carbocycles. The molecule has 10 nitrogen and oxygen atoms in total. The van der Waals surface area contributed by atoms with E-state index >= 15 is 0 Å². The predicted octanol–water partition coefficient (Wildman–Crippen LogP) is 1.02. The van der Waals surface area contributed by atoms with Gasteiger partial charge in [-0.15, -0.1) is 0 Å². The van der Waals surface area contributed by atoms with E-state index in [-0.39, 0.29) is 43.1 Å². The summed E-state index contributed by atoms with van der Waals surface area (Å²) in [7, 11) is -3.54. The number of nitrogens with zero attached hydrogens (tertiary/aromatic N) is 3. The van der Waals surface area contributed by atoms with Gasteiger partial charge in [-0.05, 0) is 18.2 Å². The van der Waals surface area contributed by atoms with Crippen molar-refractivity contribution in [1.29, 1.82) is 0 Å². The number of ether oxygens (including phenoxy) is 1. The highest BCUT2D eigenvalue weighted by Crippen LogP contribution is 2.26. The van der Waals surface area contributed by atoms with Crippen LogP contribution in [0.5, 0.6) is 0 Å². The van der Waals surface area contributed by atoms with Crippen molar-refractivity contribution < 1.29 is 22.7 Å². The number of anilines is 2. The molecule has 3 amide bonds. The Morgan fingerprint density at radius 3 is 2.21 bits per heavy atom. The topological polar surface area (TPSA) is 111 Å². The fourth-order valence-electron chi connectivity index (χ4n) is 3.15. The van der Waals surface area contributed by atoms with Gasteiger partial charge in [0.05, 0.1) is 23.9 Å². The molecular formula is C17H24ClN5O5S. The molecule has 0 bridgehead atoms. The molecule has 0 spiro atoms. The molecule has 2 saturated heterocycles. The Hall–Kier alpha value is -1.92. The van der Waals surface area contributed by atoms with Crippen molar-refractivity contribution in [2.45, 2.75) is 6.92 Å². The van der Waals surface area contributed by atoms with E-state index in [9.17, 15) is 18.0 Å². The van der Waals surface area contributed by atoms with E-state index in [1.54, 1.807) is 23.1 Å². The smallest absolute Gasteiger partial charge is 0.321 e. The van der Waals surface area contributed by atoms with Crippen molar-refractivity contribution in [3.63, 3.8) is 0 Å². The SMILES string of the molecule is CC(=O)Nc1ccc(NC(=O)N2CCN(S(=O)(=O)N3CCOCC3)CC2)c(Cl)c1. The highest BCUT2D eigenvalue weighted by Gasteiger charge is 2.34. The van der Waals surface area contributed by atoms with E-state index in [1.165, 1.54) is 15.5 Å². The fraction of sp³-hybridized carbons (Fsp3) is 0.529. The standard InChI is InChI=1S/C17H24ClN5O5S/c1-13(24)19-14-2-3-16(15(18)12-14)20-17(25)21-4-6-22(7-5-21)29(26,27)23-8-10-28-11-9-23/h2-3,12H,4-11H2,1H3,(H,19,24)(H,20,25). The number of carbonyl (C=O) groups is 2. The molecule has 1 aromatic rings. The van der Waals surface area contributed by atoms with Gasteiger partial charge in [0.2, 0.25) is 5.91 Å². The fourth-order valence-corrected chi connectivity index (χ4v) is 4.94. The zero-order valence-corrected chi connectivity index (χ0v) is 17.6. The Balaban J connectivity index is 1.55. The summed E-state index contributed by atoms with van der Waals surface area (Å²) in [5.41, 5.74) is 0.941. The number of hydrogen-bond acceptors (Lipinski definition) is 5. The van der Waals surface area contributed by atoms with Crippen LogP contribution in [0.25, 0.3) is 0 Å². The lowest BCUT2D eigenvalue weighted by molar-refractivity contribution is -0.114. The van der Waals surface area contributed by atoms with Gasteiger partial charge in [-0.2, -0.15) is 17.0 Å². The van der Waals surface area contributed by atoms with E-state index in [4.69, 9.17) is 16.3 Å². The van der Waals surface area contributed by atoms with Gasteiger partial charge in [-0.1, -0.05) is 11.6 Å². The van der Waals surface area contributed by atoms with Crippen molar-refractivity contribution in [3.8, 4) is 0 Å². The maximum Gasteiger partial charge on any atom is 0.321 e. The monoisotopic (exact) mass is 445 g/mol. The summed E-state index contributed by atoms with van der Waals surface area (Å²) in [5.74, 6) is -0.220. The first-order valence-electron chi connectivity index (χ1n) is 9.23. The number of benzene rings is 1. The van der Waals surface area contributed by atoms with Crippen molar-refractivity contribution in [2.75, 3.05) is 63.1 Å². The summed E-state index contributed by atoms with van der Waals surface area (Å²) in [6, 6.07) is 4.42. The lowest BCUT2D eigenvalue weighted by atomic mass is 10.2. The lowest BCUT2D eigenvalue weighted by Gasteiger charge is -2.37. The van der Waals surface area contributed by atoms with Crippen molar-refractivity contribution >= 4 is 45.1 Å². The van der Waals surface area contributed by atoms with Gasteiger partial charge in [0.15, 0.2) is 0 Å². The van der Waals surface area contributed by atoms with Gasteiger partial charge in [-0.25, -0.2) is 4.79 Å². The lowest BCUT2D eigenvalue weighted by Crippen LogP contribution is -2.56. The maximum absolute atomic E-state index is 12.7. The van der Waals surface area contributed by atoms with E-state index < -0.39 is 10.2 Å². The van der Waals surface area contributed by atoms with E-state index in [1.807, 2.05) is 0 Å². The number of morpholine rings is 1. The normalized spacial score (nSPS) is 19.0. The minimum absolute atomic E-state index is 0.220. The highest BCUT2D eigenvalue weighted by atomic mass is 35.5. The Morgan fingerprint density at radius 2 is 1.62 bits per heavy atom. The third kappa shape index (κ3) is 5.37. The van der Waals surface area contributed by atoms with E-state index in [0.29, 0.717) is 37.7 Å². The van der Waals surface area contributed by atoms with Crippen LogP contribution >= 0.6 is 11.6 Å². The number of amides is 3. The van der Waals surface area contributed by atoms with Gasteiger partial charge in [-0.3, -0.25) is 4.79 Å². The van der Waals surface area contributed by atoms with Crippen LogP contribution in [-0.4, -0.2) is 86.3 Å². The molecular weight excluding hydrogens is 422 g/mol. The minimum atomic E-state index is -3.54. The number of halogens is 1. The second kappa shape index (κ2) is 9.26. The van der Waals surface area contributed by atoms with Gasteiger partial charge in [0.25, 0.3) is 10.2 Å². The average Bonchev–Trinajstić information content (AvgIpc) is 2.70. The number of hydrogen-bond donors (Lipinski definition) is 2. The molecule has 160 valence electrons. The molecule has 2 aliphatic heterocycles. The maximum atomic E-state index is 12.7. The summed E-state index contributed by atoms with van der Waals surface area (Å²) < 4.78 is 33.4. The molecule has 0 aromatic heterocycles. The van der Waals surface area contributed by atoms with Crippen molar-refractivity contribution in [3.05, 3.63) is 23.2 Å². The van der Waals surface area contributed by atoms with E-state index in [2.05, 4.69) is 10.6 Å². The quantitative estimate of drug-likeness (QED) is 0.718. The molecule has 2 N–H and O–H groups in total. The average molecular weight is 446 g/mol. The van der Waals surface area contributed by atoms with Gasteiger partial charge in [0, 0.05) is 51.9 Å². The second-order valence-electron chi connectivity index (χ2n) is 6.71. The molecule has 0 radical (unpaired) electrons. The molecule has 2 aliphatic rings. The van der Waals surface area contributed by atoms with Crippen LogP contribution in [0, 0.1) is 0 Å². The third-order valence-corrected chi connectivity index (χ3v) is 7.03. The van der Waals surface area contributed by atoms with Crippen LogP contribution in [0.2, 0.25) is 5.02 Å². The molecule has 12 heteroatoms. The number of urea groups is 1.